The van der Waals surface area contributed by atoms with Crippen LogP contribution in [0.4, 0.5) is 0 Å². The molecular weight excluding hydrogens is 326 g/mol. The van der Waals surface area contributed by atoms with Crippen molar-refractivity contribution in [1.29, 1.82) is 0 Å². The highest BCUT2D eigenvalue weighted by atomic mass is 35.5. The number of hydrogen-bond acceptors (Lipinski definition) is 5. The third-order valence-electron chi connectivity index (χ3n) is 4.37. The van der Waals surface area contributed by atoms with Crippen molar-refractivity contribution in [2.45, 2.75) is 25.4 Å². The lowest BCUT2D eigenvalue weighted by Crippen LogP contribution is -2.22. The fourth-order valence-electron chi connectivity index (χ4n) is 3.21. The van der Waals surface area contributed by atoms with E-state index in [-0.39, 0.29) is 0 Å². The summed E-state index contributed by atoms with van der Waals surface area (Å²) >= 11 is 5.91. The molecular formula is C17H18ClN5O. The molecule has 1 aromatic carbocycles. The molecule has 7 heteroatoms. The van der Waals surface area contributed by atoms with Crippen molar-refractivity contribution >= 4 is 11.6 Å². The van der Waals surface area contributed by atoms with Crippen molar-refractivity contribution < 1.29 is 4.42 Å². The number of hydrogen-bond donors (Lipinski definition) is 0. The number of aromatic nitrogens is 4. The summed E-state index contributed by atoms with van der Waals surface area (Å²) in [6.45, 7) is 1.68. The lowest BCUT2D eigenvalue weighted by Gasteiger charge is -2.21. The van der Waals surface area contributed by atoms with Crippen molar-refractivity contribution in [3.63, 3.8) is 0 Å². The Bertz CT molecular complexity index is 826. The number of halogens is 1. The molecule has 0 radical (unpaired) electrons. The maximum Gasteiger partial charge on any atom is 0.247 e. The van der Waals surface area contributed by atoms with Gasteiger partial charge in [0.1, 0.15) is 0 Å². The van der Waals surface area contributed by atoms with E-state index >= 15 is 0 Å². The zero-order valence-corrected chi connectivity index (χ0v) is 14.1. The Labute approximate surface area is 145 Å². The maximum absolute atomic E-state index is 5.91. The smallest absolute Gasteiger partial charge is 0.247 e. The van der Waals surface area contributed by atoms with Crippen molar-refractivity contribution in [3.05, 3.63) is 53.1 Å². The van der Waals surface area contributed by atoms with Crippen molar-refractivity contribution in [1.82, 2.24) is 24.9 Å². The molecule has 1 fully saturated rings. The molecule has 3 heterocycles. The van der Waals surface area contributed by atoms with Crippen LogP contribution in [0.1, 0.15) is 30.3 Å². The van der Waals surface area contributed by atoms with Crippen LogP contribution >= 0.6 is 11.6 Å². The highest BCUT2D eigenvalue weighted by molar-refractivity contribution is 6.30. The van der Waals surface area contributed by atoms with Crippen molar-refractivity contribution in [2.75, 3.05) is 6.54 Å². The normalized spacial score (nSPS) is 18.3. The summed E-state index contributed by atoms with van der Waals surface area (Å²) in [7, 11) is 1.94. The summed E-state index contributed by atoms with van der Waals surface area (Å²) in [5, 5.41) is 13.3. The number of rotatable bonds is 4. The molecule has 1 aliphatic rings. The molecule has 6 nitrogen and oxygen atoms in total. The van der Waals surface area contributed by atoms with Gasteiger partial charge in [0.05, 0.1) is 12.7 Å². The molecule has 0 N–H and O–H groups in total. The molecule has 1 unspecified atom stereocenters. The standard InChI is InChI=1S/C17H18ClN5O/c1-22-10-13(9-19-22)15-3-2-8-23(15)11-16-20-21-17(24-16)12-4-6-14(18)7-5-12/h4-7,9-10,15H,2-3,8,11H2,1H3. The second-order valence-electron chi connectivity index (χ2n) is 6.08. The Balaban J connectivity index is 1.50. The van der Waals surface area contributed by atoms with Gasteiger partial charge in [0.15, 0.2) is 0 Å². The van der Waals surface area contributed by atoms with Gasteiger partial charge in [0.2, 0.25) is 11.8 Å². The average Bonchev–Trinajstić information content (AvgIpc) is 3.30. The molecule has 0 saturated carbocycles. The minimum absolute atomic E-state index is 0.365. The van der Waals surface area contributed by atoms with Gasteiger partial charge in [-0.3, -0.25) is 9.58 Å². The zero-order chi connectivity index (χ0) is 16.5. The first-order valence-electron chi connectivity index (χ1n) is 8.00. The first-order chi connectivity index (χ1) is 11.7. The average molecular weight is 344 g/mol. The number of benzene rings is 1. The van der Waals surface area contributed by atoms with E-state index in [1.165, 1.54) is 5.56 Å². The molecule has 0 amide bonds. The third-order valence-corrected chi connectivity index (χ3v) is 4.62. The molecule has 1 saturated heterocycles. The fourth-order valence-corrected chi connectivity index (χ4v) is 3.33. The summed E-state index contributed by atoms with van der Waals surface area (Å²) in [4.78, 5) is 2.37. The summed E-state index contributed by atoms with van der Waals surface area (Å²) in [5.41, 5.74) is 2.12. The highest BCUT2D eigenvalue weighted by Crippen LogP contribution is 2.33. The minimum atomic E-state index is 0.365. The van der Waals surface area contributed by atoms with Gasteiger partial charge in [-0.05, 0) is 43.7 Å². The minimum Gasteiger partial charge on any atom is -0.419 e. The number of likely N-dealkylation sites (tertiary alicyclic amines) is 1. The third kappa shape index (κ3) is 3.07. The van der Waals surface area contributed by atoms with Crippen LogP contribution in [0.15, 0.2) is 41.1 Å². The highest BCUT2D eigenvalue weighted by Gasteiger charge is 2.28. The van der Waals surface area contributed by atoms with Gasteiger partial charge >= 0.3 is 0 Å². The van der Waals surface area contributed by atoms with Gasteiger partial charge in [-0.15, -0.1) is 10.2 Å². The first kappa shape index (κ1) is 15.4. The van der Waals surface area contributed by atoms with Crippen LogP contribution in [0.2, 0.25) is 5.02 Å². The molecule has 124 valence electrons. The Morgan fingerprint density at radius 2 is 2.08 bits per heavy atom. The maximum atomic E-state index is 5.91. The SMILES string of the molecule is Cn1cc(C2CCCN2Cc2nnc(-c3ccc(Cl)cc3)o2)cn1. The van der Waals surface area contributed by atoms with Crippen molar-refractivity contribution in [3.8, 4) is 11.5 Å². The lowest BCUT2D eigenvalue weighted by atomic mass is 10.1. The quantitative estimate of drug-likeness (QED) is 0.726. The van der Waals surface area contributed by atoms with E-state index < -0.39 is 0 Å². The second-order valence-corrected chi connectivity index (χ2v) is 6.52. The summed E-state index contributed by atoms with van der Waals surface area (Å²) in [6, 6.07) is 7.77. The molecule has 4 rings (SSSR count). The largest absolute Gasteiger partial charge is 0.419 e. The number of aryl methyl sites for hydroxylation is 1. The van der Waals surface area contributed by atoms with E-state index in [1.54, 1.807) is 0 Å². The Morgan fingerprint density at radius 1 is 1.25 bits per heavy atom. The van der Waals surface area contributed by atoms with Crippen LogP contribution < -0.4 is 0 Å². The first-order valence-corrected chi connectivity index (χ1v) is 8.38. The van der Waals surface area contributed by atoms with Crippen LogP contribution in [0.25, 0.3) is 11.5 Å². The van der Waals surface area contributed by atoms with Gasteiger partial charge in [-0.25, -0.2) is 0 Å². The van der Waals surface area contributed by atoms with Crippen LogP contribution in [0.3, 0.4) is 0 Å². The number of nitrogens with zero attached hydrogens (tertiary/aromatic N) is 5. The molecule has 1 atom stereocenters. The molecule has 2 aromatic heterocycles. The summed E-state index contributed by atoms with van der Waals surface area (Å²) in [5.74, 6) is 1.16. The van der Waals surface area contributed by atoms with Gasteiger partial charge in [0.25, 0.3) is 0 Å². The predicted molar refractivity (Wildman–Crippen MR) is 90.3 cm³/mol. The topological polar surface area (TPSA) is 60.0 Å². The zero-order valence-electron chi connectivity index (χ0n) is 13.4. The van der Waals surface area contributed by atoms with Gasteiger partial charge in [-0.2, -0.15) is 5.10 Å². The van der Waals surface area contributed by atoms with E-state index in [4.69, 9.17) is 16.0 Å². The van der Waals surface area contributed by atoms with E-state index in [1.807, 2.05) is 42.2 Å². The second kappa shape index (κ2) is 6.37. The molecule has 3 aromatic rings. The monoisotopic (exact) mass is 343 g/mol. The lowest BCUT2D eigenvalue weighted by molar-refractivity contribution is 0.224. The molecule has 0 spiro atoms. The van der Waals surface area contributed by atoms with Crippen LogP contribution in [0, 0.1) is 0 Å². The summed E-state index contributed by atoms with van der Waals surface area (Å²) < 4.78 is 7.68. The Morgan fingerprint density at radius 3 is 2.83 bits per heavy atom. The molecule has 0 aliphatic carbocycles. The predicted octanol–water partition coefficient (Wildman–Crippen LogP) is 3.46. The van der Waals surface area contributed by atoms with Gasteiger partial charge in [-0.1, -0.05) is 11.6 Å². The van der Waals surface area contributed by atoms with E-state index in [0.717, 1.165) is 24.9 Å². The molecule has 24 heavy (non-hydrogen) atoms. The fraction of sp³-hybridized carbons (Fsp3) is 0.353. The van der Waals surface area contributed by atoms with E-state index in [0.29, 0.717) is 29.4 Å². The Hall–Kier alpha value is -2.18. The van der Waals surface area contributed by atoms with Crippen LogP contribution in [0.5, 0.6) is 0 Å². The Kier molecular flexibility index (Phi) is 4.08. The van der Waals surface area contributed by atoms with E-state index in [9.17, 15) is 0 Å². The molecule has 0 bridgehead atoms. The summed E-state index contributed by atoms with van der Waals surface area (Å²) in [6.07, 6.45) is 6.31. The van der Waals surface area contributed by atoms with Crippen LogP contribution in [-0.2, 0) is 13.6 Å². The van der Waals surface area contributed by atoms with Crippen LogP contribution in [-0.4, -0.2) is 31.4 Å². The van der Waals surface area contributed by atoms with E-state index in [2.05, 4.69) is 26.4 Å². The van der Waals surface area contributed by atoms with Crippen molar-refractivity contribution in [2.24, 2.45) is 7.05 Å². The van der Waals surface area contributed by atoms with Gasteiger partial charge < -0.3 is 4.42 Å². The van der Waals surface area contributed by atoms with Gasteiger partial charge in [0, 0.05) is 35.4 Å². The molecule has 1 aliphatic heterocycles.